The van der Waals surface area contributed by atoms with E-state index in [1.807, 2.05) is 24.3 Å². The normalized spacial score (nSPS) is 15.5. The van der Waals surface area contributed by atoms with Crippen LogP contribution in [0.15, 0.2) is 38.4 Å². The van der Waals surface area contributed by atoms with Crippen LogP contribution in [0.25, 0.3) is 11.5 Å². The molecule has 22 heavy (non-hydrogen) atoms. The Balaban J connectivity index is 1.55. The van der Waals surface area contributed by atoms with Crippen LogP contribution in [-0.4, -0.2) is 27.9 Å². The van der Waals surface area contributed by atoms with Crippen molar-refractivity contribution in [1.82, 2.24) is 15.5 Å². The van der Waals surface area contributed by atoms with Gasteiger partial charge in [0.25, 0.3) is 5.22 Å². The molecule has 0 radical (unpaired) electrons. The summed E-state index contributed by atoms with van der Waals surface area (Å²) in [4.78, 5) is 11.9. The predicted octanol–water partition coefficient (Wildman–Crippen LogP) is 3.51. The number of rotatable bonds is 6. The highest BCUT2D eigenvalue weighted by molar-refractivity contribution is 9.10. The van der Waals surface area contributed by atoms with E-state index < -0.39 is 0 Å². The van der Waals surface area contributed by atoms with Crippen molar-refractivity contribution in [3.05, 3.63) is 28.7 Å². The van der Waals surface area contributed by atoms with Gasteiger partial charge in [0.15, 0.2) is 0 Å². The number of nitrogens with zero attached hydrogens (tertiary/aromatic N) is 2. The van der Waals surface area contributed by atoms with Gasteiger partial charge in [0.1, 0.15) is 0 Å². The summed E-state index contributed by atoms with van der Waals surface area (Å²) in [6.45, 7) is 2.05. The second-order valence-electron chi connectivity index (χ2n) is 5.34. The van der Waals surface area contributed by atoms with Gasteiger partial charge in [-0.15, -0.1) is 10.2 Å². The summed E-state index contributed by atoms with van der Waals surface area (Å²) in [6.07, 6.45) is 2.43. The third-order valence-corrected chi connectivity index (χ3v) is 5.07. The second-order valence-corrected chi connectivity index (χ2v) is 7.12. The molecule has 116 valence electrons. The van der Waals surface area contributed by atoms with Gasteiger partial charge >= 0.3 is 0 Å². The lowest BCUT2D eigenvalue weighted by Gasteiger charge is -2.11. The van der Waals surface area contributed by atoms with Gasteiger partial charge in [-0.05, 0) is 53.7 Å². The van der Waals surface area contributed by atoms with Gasteiger partial charge in [0.05, 0.1) is 11.3 Å². The van der Waals surface area contributed by atoms with E-state index in [9.17, 15) is 4.79 Å². The molecule has 1 aliphatic rings. The largest absolute Gasteiger partial charge is 0.411 e. The highest BCUT2D eigenvalue weighted by Crippen LogP contribution is 2.32. The van der Waals surface area contributed by atoms with Gasteiger partial charge in [0, 0.05) is 10.5 Å². The van der Waals surface area contributed by atoms with Gasteiger partial charge < -0.3 is 9.73 Å². The Morgan fingerprint density at radius 3 is 2.95 bits per heavy atom. The minimum atomic E-state index is 0.00467. The number of carbonyl (C=O) groups is 1. The summed E-state index contributed by atoms with van der Waals surface area (Å²) in [5.74, 6) is 1.39. The van der Waals surface area contributed by atoms with Gasteiger partial charge in [-0.3, -0.25) is 4.79 Å². The van der Waals surface area contributed by atoms with E-state index in [2.05, 4.69) is 38.4 Å². The van der Waals surface area contributed by atoms with Crippen LogP contribution in [0.1, 0.15) is 19.8 Å². The standard InChI is InChI=1S/C15H16BrN3O2S/c1-9(10-6-7-10)17-13(20)8-22-15-19-18-14(21-15)11-4-2-3-5-12(11)16/h2-5,9-10H,6-8H2,1H3,(H,17,20)/t9-/m1/s1. The highest BCUT2D eigenvalue weighted by Gasteiger charge is 2.28. The summed E-state index contributed by atoms with van der Waals surface area (Å²) in [5, 5.41) is 11.4. The number of aromatic nitrogens is 2. The van der Waals surface area contributed by atoms with E-state index in [0.717, 1.165) is 10.0 Å². The fourth-order valence-corrected chi connectivity index (χ4v) is 3.18. The third kappa shape index (κ3) is 3.89. The first kappa shape index (κ1) is 15.6. The van der Waals surface area contributed by atoms with Gasteiger partial charge in [-0.25, -0.2) is 0 Å². The Bertz CT molecular complexity index is 672. The van der Waals surface area contributed by atoms with Crippen LogP contribution >= 0.6 is 27.7 Å². The van der Waals surface area contributed by atoms with Crippen molar-refractivity contribution in [2.75, 3.05) is 5.75 Å². The molecule has 1 aliphatic carbocycles. The number of amides is 1. The van der Waals surface area contributed by atoms with Crippen LogP contribution in [-0.2, 0) is 4.79 Å². The number of carbonyl (C=O) groups excluding carboxylic acids is 1. The zero-order chi connectivity index (χ0) is 15.5. The Hall–Kier alpha value is -1.34. The summed E-state index contributed by atoms with van der Waals surface area (Å²) >= 11 is 4.71. The molecule has 1 heterocycles. The number of benzene rings is 1. The van der Waals surface area contributed by atoms with Crippen molar-refractivity contribution in [2.45, 2.75) is 31.0 Å². The van der Waals surface area contributed by atoms with E-state index in [0.29, 0.717) is 17.0 Å². The summed E-state index contributed by atoms with van der Waals surface area (Å²) in [7, 11) is 0. The SMILES string of the molecule is C[C@@H](NC(=O)CSc1nnc(-c2ccccc2Br)o1)C1CC1. The second kappa shape index (κ2) is 6.83. The lowest BCUT2D eigenvalue weighted by Crippen LogP contribution is -2.35. The fourth-order valence-electron chi connectivity index (χ4n) is 2.15. The van der Waals surface area contributed by atoms with Crippen molar-refractivity contribution >= 4 is 33.6 Å². The molecule has 2 aromatic rings. The minimum Gasteiger partial charge on any atom is -0.411 e. The summed E-state index contributed by atoms with van der Waals surface area (Å²) in [5.41, 5.74) is 0.841. The molecule has 3 rings (SSSR count). The maximum atomic E-state index is 11.9. The molecule has 1 aromatic carbocycles. The fraction of sp³-hybridized carbons (Fsp3) is 0.400. The van der Waals surface area contributed by atoms with Gasteiger partial charge in [-0.1, -0.05) is 23.9 Å². The van der Waals surface area contributed by atoms with Gasteiger partial charge in [-0.2, -0.15) is 0 Å². The monoisotopic (exact) mass is 381 g/mol. The van der Waals surface area contributed by atoms with E-state index in [1.54, 1.807) is 0 Å². The van der Waals surface area contributed by atoms with Crippen molar-refractivity contribution < 1.29 is 9.21 Å². The molecule has 0 saturated heterocycles. The Morgan fingerprint density at radius 2 is 2.23 bits per heavy atom. The van der Waals surface area contributed by atoms with Gasteiger partial charge in [0.2, 0.25) is 11.8 Å². The Kier molecular flexibility index (Phi) is 4.83. The molecule has 5 nitrogen and oxygen atoms in total. The lowest BCUT2D eigenvalue weighted by molar-refractivity contribution is -0.119. The number of hydrogen-bond acceptors (Lipinski definition) is 5. The minimum absolute atomic E-state index is 0.00467. The molecule has 0 aliphatic heterocycles. The van der Waals surface area contributed by atoms with Crippen LogP contribution < -0.4 is 5.32 Å². The topological polar surface area (TPSA) is 68.0 Å². The molecular weight excluding hydrogens is 366 g/mol. The van der Waals surface area contributed by atoms with E-state index >= 15 is 0 Å². The average molecular weight is 382 g/mol. The zero-order valence-electron chi connectivity index (χ0n) is 12.1. The lowest BCUT2D eigenvalue weighted by atomic mass is 10.2. The molecular formula is C15H16BrN3O2S. The highest BCUT2D eigenvalue weighted by atomic mass is 79.9. The zero-order valence-corrected chi connectivity index (χ0v) is 14.5. The molecule has 7 heteroatoms. The quantitative estimate of drug-likeness (QED) is 0.775. The number of hydrogen-bond donors (Lipinski definition) is 1. The maximum absolute atomic E-state index is 11.9. The molecule has 0 unspecified atom stereocenters. The first-order valence-corrected chi connectivity index (χ1v) is 8.92. The number of nitrogens with one attached hydrogen (secondary N) is 1. The van der Waals surface area contributed by atoms with Crippen LogP contribution in [0, 0.1) is 5.92 Å². The van der Waals surface area contributed by atoms with Crippen molar-refractivity contribution in [3.63, 3.8) is 0 Å². The molecule has 1 saturated carbocycles. The van der Waals surface area contributed by atoms with Crippen molar-refractivity contribution in [3.8, 4) is 11.5 Å². The number of thioether (sulfide) groups is 1. The van der Waals surface area contributed by atoms with Crippen molar-refractivity contribution in [2.24, 2.45) is 5.92 Å². The molecule has 1 fully saturated rings. The van der Waals surface area contributed by atoms with Crippen LogP contribution in [0.3, 0.4) is 0 Å². The molecule has 1 amide bonds. The number of halogens is 1. The van der Waals surface area contributed by atoms with E-state index in [1.165, 1.54) is 24.6 Å². The molecule has 0 bridgehead atoms. The molecule has 0 spiro atoms. The predicted molar refractivity (Wildman–Crippen MR) is 88.5 cm³/mol. The van der Waals surface area contributed by atoms with Crippen LogP contribution in [0.4, 0.5) is 0 Å². The first-order chi connectivity index (χ1) is 10.6. The first-order valence-electron chi connectivity index (χ1n) is 7.14. The summed E-state index contributed by atoms with van der Waals surface area (Å²) in [6, 6.07) is 7.90. The molecule has 1 aromatic heterocycles. The Labute approximate surface area is 141 Å². The van der Waals surface area contributed by atoms with Crippen molar-refractivity contribution in [1.29, 1.82) is 0 Å². The molecule has 1 N–H and O–H groups in total. The summed E-state index contributed by atoms with van der Waals surface area (Å²) < 4.78 is 6.49. The Morgan fingerprint density at radius 1 is 1.45 bits per heavy atom. The van der Waals surface area contributed by atoms with E-state index in [-0.39, 0.29) is 17.7 Å². The van der Waals surface area contributed by atoms with E-state index in [4.69, 9.17) is 4.42 Å². The maximum Gasteiger partial charge on any atom is 0.277 e. The van der Waals surface area contributed by atoms with Crippen LogP contribution in [0.5, 0.6) is 0 Å². The smallest absolute Gasteiger partial charge is 0.277 e. The van der Waals surface area contributed by atoms with Crippen LogP contribution in [0.2, 0.25) is 0 Å². The average Bonchev–Trinajstić information content (AvgIpc) is 3.25. The molecule has 1 atom stereocenters. The third-order valence-electron chi connectivity index (χ3n) is 3.56.